The van der Waals surface area contributed by atoms with Crippen LogP contribution in [0.4, 0.5) is 0 Å². The molecule has 0 aliphatic carbocycles. The fourth-order valence-corrected chi connectivity index (χ4v) is 7.56. The van der Waals surface area contributed by atoms with Crippen molar-refractivity contribution in [3.63, 3.8) is 0 Å². The lowest BCUT2D eigenvalue weighted by Gasteiger charge is -2.23. The van der Waals surface area contributed by atoms with Gasteiger partial charge in [0.25, 0.3) is 0 Å². The monoisotopic (exact) mass is 610 g/mol. The van der Waals surface area contributed by atoms with Crippen molar-refractivity contribution in [1.29, 1.82) is 0 Å². The SMILES string of the molecule is Cc1cccc(C)c1-c1cnc2c3cc(Oc4ccc5c(c4)c4nccn4c4cccc(C(C)(C)C)c54)ccc3c3ccccc3n12. The summed E-state index contributed by atoms with van der Waals surface area (Å²) in [7, 11) is 0. The van der Waals surface area contributed by atoms with E-state index in [4.69, 9.17) is 14.7 Å². The number of fused-ring (bicyclic) bond motifs is 12. The van der Waals surface area contributed by atoms with E-state index in [1.807, 2.05) is 18.6 Å². The van der Waals surface area contributed by atoms with Crippen LogP contribution < -0.4 is 4.74 Å². The molecule has 0 saturated carbocycles. The Morgan fingerprint density at radius 2 is 1.30 bits per heavy atom. The van der Waals surface area contributed by atoms with Gasteiger partial charge in [0.1, 0.15) is 22.8 Å². The first kappa shape index (κ1) is 27.6. The van der Waals surface area contributed by atoms with Gasteiger partial charge in [-0.2, -0.15) is 0 Å². The average Bonchev–Trinajstić information content (AvgIpc) is 3.73. The molecule has 0 N–H and O–H groups in total. The minimum absolute atomic E-state index is 0.0128. The second-order valence-electron chi connectivity index (χ2n) is 13.7. The Morgan fingerprint density at radius 3 is 2.06 bits per heavy atom. The summed E-state index contributed by atoms with van der Waals surface area (Å²) in [6.07, 6.45) is 5.94. The van der Waals surface area contributed by atoms with Gasteiger partial charge in [-0.05, 0) is 95.3 Å². The summed E-state index contributed by atoms with van der Waals surface area (Å²) in [6.45, 7) is 11.2. The van der Waals surface area contributed by atoms with E-state index in [9.17, 15) is 0 Å². The van der Waals surface area contributed by atoms with Crippen molar-refractivity contribution < 1.29 is 4.74 Å². The zero-order valence-corrected chi connectivity index (χ0v) is 27.2. The zero-order chi connectivity index (χ0) is 32.0. The summed E-state index contributed by atoms with van der Waals surface area (Å²) in [5.74, 6) is 1.53. The molecule has 4 heterocycles. The van der Waals surface area contributed by atoms with E-state index in [1.165, 1.54) is 38.4 Å². The van der Waals surface area contributed by atoms with E-state index in [-0.39, 0.29) is 5.41 Å². The number of pyridine rings is 2. The van der Waals surface area contributed by atoms with E-state index in [1.54, 1.807) is 0 Å². The molecule has 228 valence electrons. The van der Waals surface area contributed by atoms with E-state index in [0.717, 1.165) is 55.7 Å². The van der Waals surface area contributed by atoms with Gasteiger partial charge >= 0.3 is 0 Å². The summed E-state index contributed by atoms with van der Waals surface area (Å²) in [4.78, 5) is 9.80. The van der Waals surface area contributed by atoms with Crippen LogP contribution in [0.15, 0.2) is 116 Å². The van der Waals surface area contributed by atoms with Gasteiger partial charge in [-0.25, -0.2) is 9.97 Å². The van der Waals surface area contributed by atoms with Crippen LogP contribution in [0.5, 0.6) is 11.5 Å². The van der Waals surface area contributed by atoms with Crippen LogP contribution in [0.2, 0.25) is 0 Å². The van der Waals surface area contributed by atoms with Gasteiger partial charge in [0.15, 0.2) is 0 Å². The lowest BCUT2D eigenvalue weighted by atomic mass is 9.83. The average molecular weight is 611 g/mol. The van der Waals surface area contributed by atoms with Crippen LogP contribution in [0.1, 0.15) is 37.5 Å². The van der Waals surface area contributed by atoms with Crippen LogP contribution >= 0.6 is 0 Å². The van der Waals surface area contributed by atoms with Gasteiger partial charge in [0.05, 0.1) is 22.9 Å². The molecular formula is C42H34N4O. The van der Waals surface area contributed by atoms with Crippen LogP contribution in [0.3, 0.4) is 0 Å². The molecular weight excluding hydrogens is 576 g/mol. The quantitative estimate of drug-likeness (QED) is 0.187. The third-order valence-corrected chi connectivity index (χ3v) is 9.65. The number of hydrogen-bond acceptors (Lipinski definition) is 3. The van der Waals surface area contributed by atoms with Crippen LogP contribution in [-0.4, -0.2) is 18.8 Å². The van der Waals surface area contributed by atoms with Crippen LogP contribution in [-0.2, 0) is 5.41 Å². The van der Waals surface area contributed by atoms with Crippen molar-refractivity contribution in [3.05, 3.63) is 132 Å². The zero-order valence-electron chi connectivity index (χ0n) is 27.2. The molecule has 0 atom stereocenters. The Balaban J connectivity index is 1.24. The van der Waals surface area contributed by atoms with E-state index < -0.39 is 0 Å². The molecule has 0 amide bonds. The maximum atomic E-state index is 6.65. The van der Waals surface area contributed by atoms with Gasteiger partial charge in [-0.1, -0.05) is 69.3 Å². The molecule has 9 rings (SSSR count). The van der Waals surface area contributed by atoms with Crippen molar-refractivity contribution in [2.24, 2.45) is 0 Å². The largest absolute Gasteiger partial charge is 0.457 e. The molecule has 0 radical (unpaired) electrons. The smallest absolute Gasteiger partial charge is 0.145 e. The van der Waals surface area contributed by atoms with Gasteiger partial charge in [0, 0.05) is 39.5 Å². The second-order valence-corrected chi connectivity index (χ2v) is 13.7. The molecule has 0 spiro atoms. The molecule has 5 nitrogen and oxygen atoms in total. The summed E-state index contributed by atoms with van der Waals surface area (Å²) in [5, 5.41) is 6.89. The van der Waals surface area contributed by atoms with Crippen molar-refractivity contribution >= 4 is 54.6 Å². The van der Waals surface area contributed by atoms with Gasteiger partial charge in [0.2, 0.25) is 0 Å². The van der Waals surface area contributed by atoms with Gasteiger partial charge < -0.3 is 4.74 Å². The standard InChI is InChI=1S/C42H34N4O/c1-25-10-8-11-26(2)38(25)37-24-44-41-32-22-27(16-18-29(32)30-12-6-7-14-35(30)46(37)41)47-28-17-19-31-33(23-28)40-43-20-21-45(40)36-15-9-13-34(39(31)36)42(3,4)5/h6-24H,1-5H3. The third kappa shape index (κ3) is 4.09. The molecule has 47 heavy (non-hydrogen) atoms. The second kappa shape index (κ2) is 9.91. The Hall–Kier alpha value is -5.68. The summed E-state index contributed by atoms with van der Waals surface area (Å²) >= 11 is 0. The highest BCUT2D eigenvalue weighted by atomic mass is 16.5. The predicted octanol–water partition coefficient (Wildman–Crippen LogP) is 11.0. The highest BCUT2D eigenvalue weighted by Crippen LogP contribution is 2.40. The normalized spacial score (nSPS) is 12.4. The molecule has 0 aliphatic heterocycles. The van der Waals surface area contributed by atoms with Gasteiger partial charge in [-0.15, -0.1) is 0 Å². The summed E-state index contributed by atoms with van der Waals surface area (Å²) in [5.41, 5.74) is 10.2. The fraction of sp³-hybridized carbons (Fsp3) is 0.143. The number of rotatable bonds is 3. The number of aromatic nitrogens is 4. The first-order valence-electron chi connectivity index (χ1n) is 16.2. The fourth-order valence-electron chi connectivity index (χ4n) is 7.56. The minimum Gasteiger partial charge on any atom is -0.457 e. The maximum Gasteiger partial charge on any atom is 0.145 e. The molecule has 9 aromatic rings. The van der Waals surface area contributed by atoms with Crippen molar-refractivity contribution in [3.8, 4) is 22.8 Å². The number of hydrogen-bond donors (Lipinski definition) is 0. The topological polar surface area (TPSA) is 43.8 Å². The molecule has 5 heteroatoms. The third-order valence-electron chi connectivity index (χ3n) is 9.65. The molecule has 0 saturated heterocycles. The number of aryl methyl sites for hydroxylation is 2. The lowest BCUT2D eigenvalue weighted by molar-refractivity contribution is 0.484. The highest BCUT2D eigenvalue weighted by Gasteiger charge is 2.21. The summed E-state index contributed by atoms with van der Waals surface area (Å²) in [6, 6.07) is 34.4. The number of nitrogens with zero attached hydrogens (tertiary/aromatic N) is 4. The highest BCUT2D eigenvalue weighted by molar-refractivity contribution is 6.14. The van der Waals surface area contributed by atoms with Gasteiger partial charge in [-0.3, -0.25) is 8.80 Å². The number of ether oxygens (including phenoxy) is 1. The van der Waals surface area contributed by atoms with Crippen LogP contribution in [0.25, 0.3) is 65.9 Å². The molecule has 4 aromatic heterocycles. The van der Waals surface area contributed by atoms with Crippen molar-refractivity contribution in [2.75, 3.05) is 0 Å². The van der Waals surface area contributed by atoms with Crippen LogP contribution in [0, 0.1) is 13.8 Å². The van der Waals surface area contributed by atoms with E-state index >= 15 is 0 Å². The number of benzene rings is 5. The van der Waals surface area contributed by atoms with E-state index in [0.29, 0.717) is 0 Å². The Kier molecular flexibility index (Phi) is 5.82. The maximum absolute atomic E-state index is 6.65. The number of imidazole rings is 2. The molecule has 0 unspecified atom stereocenters. The molecule has 0 fully saturated rings. The predicted molar refractivity (Wildman–Crippen MR) is 194 cm³/mol. The lowest BCUT2D eigenvalue weighted by Crippen LogP contribution is -2.12. The Bertz CT molecular complexity index is 2700. The number of para-hydroxylation sites is 1. The molecule has 0 aliphatic rings. The van der Waals surface area contributed by atoms with Crippen molar-refractivity contribution in [2.45, 2.75) is 40.0 Å². The minimum atomic E-state index is -0.0128. The summed E-state index contributed by atoms with van der Waals surface area (Å²) < 4.78 is 11.1. The first-order valence-corrected chi connectivity index (χ1v) is 16.2. The molecule has 5 aromatic carbocycles. The Labute approximate surface area is 272 Å². The Morgan fingerprint density at radius 1 is 0.617 bits per heavy atom. The van der Waals surface area contributed by atoms with Crippen molar-refractivity contribution in [1.82, 2.24) is 18.8 Å². The molecule has 0 bridgehead atoms. The first-order chi connectivity index (χ1) is 22.8. The van der Waals surface area contributed by atoms with E-state index in [2.05, 4.69) is 140 Å².